The van der Waals surface area contributed by atoms with Crippen molar-refractivity contribution in [2.75, 3.05) is 0 Å². The number of aryl methyl sites for hydroxylation is 7. The van der Waals surface area contributed by atoms with E-state index in [-0.39, 0.29) is 0 Å². The highest BCUT2D eigenvalue weighted by molar-refractivity contribution is 6.53. The molecule has 5 heterocycles. The van der Waals surface area contributed by atoms with Crippen molar-refractivity contribution in [3.8, 4) is 0 Å². The Morgan fingerprint density at radius 3 is 1.69 bits per heavy atom. The zero-order valence-corrected chi connectivity index (χ0v) is 28.0. The molecular weight excluding hydrogens is 559 g/mol. The molecule has 42 heavy (non-hydrogen) atoms. The van der Waals surface area contributed by atoms with E-state index < -0.39 is 0 Å². The maximum absolute atomic E-state index is 7.26. The molecule has 0 saturated carbocycles. The summed E-state index contributed by atoms with van der Waals surface area (Å²) in [6, 6.07) is 2.04. The van der Waals surface area contributed by atoms with Crippen molar-refractivity contribution >= 4 is 68.0 Å². The second-order valence-electron chi connectivity index (χ2n) is 11.0. The first-order valence-electron chi connectivity index (χ1n) is 15.9. The van der Waals surface area contributed by atoms with Crippen molar-refractivity contribution in [2.45, 2.75) is 107 Å². The van der Waals surface area contributed by atoms with E-state index in [1.165, 1.54) is 33.3 Å². The second kappa shape index (κ2) is 12.4. The Bertz CT molecular complexity index is 1780. The molecule has 6 heteroatoms. The van der Waals surface area contributed by atoms with Crippen LogP contribution in [-0.2, 0) is 45.1 Å². The Hall–Kier alpha value is -2.82. The largest absolute Gasteiger partial charge is 0.354 e. The summed E-state index contributed by atoms with van der Waals surface area (Å²) in [7, 11) is 0. The molecule has 0 radical (unpaired) electrons. The summed E-state index contributed by atoms with van der Waals surface area (Å²) in [4.78, 5) is 14.3. The lowest BCUT2D eigenvalue weighted by molar-refractivity contribution is 0.810. The zero-order valence-electron chi connectivity index (χ0n) is 26.5. The number of aromatic nitrogens is 4. The lowest BCUT2D eigenvalue weighted by Gasteiger charge is -2.12. The Morgan fingerprint density at radius 1 is 0.619 bits per heavy atom. The summed E-state index contributed by atoms with van der Waals surface area (Å²) in [5.41, 5.74) is 17.2. The highest BCUT2D eigenvalue weighted by Crippen LogP contribution is 2.42. The lowest BCUT2D eigenvalue weighted by atomic mass is 9.97. The number of hydrogen-bond donors (Lipinski definition) is 1. The Balaban J connectivity index is 2.20. The van der Waals surface area contributed by atoms with Crippen molar-refractivity contribution in [2.24, 2.45) is 0 Å². The average Bonchev–Trinajstić information content (AvgIpc) is 3.76. The predicted octanol–water partition coefficient (Wildman–Crippen LogP) is 10.5. The van der Waals surface area contributed by atoms with Crippen LogP contribution in [0.25, 0.3) is 44.8 Å². The number of hydrogen-bond acceptors (Lipinski definition) is 2. The molecule has 0 amide bonds. The minimum Gasteiger partial charge on any atom is -0.354 e. The van der Waals surface area contributed by atoms with E-state index in [9.17, 15) is 0 Å². The van der Waals surface area contributed by atoms with Gasteiger partial charge in [0.1, 0.15) is 0 Å². The van der Waals surface area contributed by atoms with E-state index in [2.05, 4.69) is 77.1 Å². The van der Waals surface area contributed by atoms with Crippen LogP contribution in [0.5, 0.6) is 0 Å². The summed E-state index contributed by atoms with van der Waals surface area (Å²) in [5.74, 6) is 0. The first-order valence-corrected chi connectivity index (χ1v) is 16.7. The molecule has 0 aliphatic carbocycles. The minimum atomic E-state index is 0.688. The first kappa shape index (κ1) is 30.6. The van der Waals surface area contributed by atoms with Crippen LogP contribution in [0, 0.1) is 0 Å². The van der Waals surface area contributed by atoms with Gasteiger partial charge in [0.25, 0.3) is 0 Å². The fourth-order valence-electron chi connectivity index (χ4n) is 7.14. The highest BCUT2D eigenvalue weighted by Gasteiger charge is 2.27. The molecule has 3 aromatic rings. The van der Waals surface area contributed by atoms with Crippen LogP contribution in [0.15, 0.2) is 6.07 Å². The van der Waals surface area contributed by atoms with Crippen molar-refractivity contribution in [1.29, 1.82) is 0 Å². The van der Waals surface area contributed by atoms with Gasteiger partial charge in [-0.2, -0.15) is 0 Å². The van der Waals surface area contributed by atoms with E-state index in [4.69, 9.17) is 33.2 Å². The van der Waals surface area contributed by atoms with Gasteiger partial charge in [0.2, 0.25) is 0 Å². The van der Waals surface area contributed by atoms with Crippen LogP contribution >= 0.6 is 23.2 Å². The quantitative estimate of drug-likeness (QED) is 0.218. The molecule has 4 nitrogen and oxygen atoms in total. The fourth-order valence-corrected chi connectivity index (χ4v) is 7.79. The van der Waals surface area contributed by atoms with Gasteiger partial charge in [0.15, 0.2) is 0 Å². The highest BCUT2D eigenvalue weighted by atomic mass is 35.5. The van der Waals surface area contributed by atoms with Crippen LogP contribution in [0.4, 0.5) is 0 Å². The molecule has 8 bridgehead atoms. The van der Waals surface area contributed by atoms with Gasteiger partial charge in [0, 0.05) is 34.3 Å². The molecule has 2 aliphatic heterocycles. The molecule has 0 aromatic carbocycles. The third kappa shape index (κ3) is 4.66. The van der Waals surface area contributed by atoms with Gasteiger partial charge in [-0.3, -0.25) is 0 Å². The molecular formula is C36H44Cl2N4. The van der Waals surface area contributed by atoms with Crippen molar-refractivity contribution in [3.05, 3.63) is 67.2 Å². The summed E-state index contributed by atoms with van der Waals surface area (Å²) >= 11 is 14.2. The Labute approximate surface area is 260 Å². The van der Waals surface area contributed by atoms with Crippen LogP contribution in [-0.4, -0.2) is 19.5 Å². The summed E-state index contributed by atoms with van der Waals surface area (Å²) in [6.45, 7) is 18.7. The summed E-state index contributed by atoms with van der Waals surface area (Å²) < 4.78 is 2.55. The van der Waals surface area contributed by atoms with Gasteiger partial charge >= 0.3 is 0 Å². The number of fused-ring (bicyclic) bond motifs is 8. The lowest BCUT2D eigenvalue weighted by Crippen LogP contribution is -2.02. The normalized spacial score (nSPS) is 13.1. The molecule has 0 unspecified atom stereocenters. The molecule has 5 rings (SSSR count). The Morgan fingerprint density at radius 2 is 1.17 bits per heavy atom. The van der Waals surface area contributed by atoms with E-state index in [1.54, 1.807) is 0 Å². The van der Waals surface area contributed by atoms with Gasteiger partial charge in [-0.1, -0.05) is 71.7 Å². The van der Waals surface area contributed by atoms with E-state index in [1.807, 2.05) is 6.07 Å². The van der Waals surface area contributed by atoms with Crippen LogP contribution in [0.1, 0.15) is 118 Å². The Kier molecular flexibility index (Phi) is 9.06. The smallest absolute Gasteiger partial charge is 0.0880 e. The third-order valence-corrected chi connectivity index (χ3v) is 9.75. The number of nitrogens with zero attached hydrogens (tertiary/aromatic N) is 3. The summed E-state index contributed by atoms with van der Waals surface area (Å²) in [5, 5.41) is 1.44. The maximum Gasteiger partial charge on any atom is 0.0880 e. The predicted molar refractivity (Wildman–Crippen MR) is 183 cm³/mol. The van der Waals surface area contributed by atoms with E-state index in [0.717, 1.165) is 107 Å². The van der Waals surface area contributed by atoms with Gasteiger partial charge in [-0.05, 0) is 86.8 Å². The van der Waals surface area contributed by atoms with Crippen molar-refractivity contribution in [3.63, 3.8) is 0 Å². The monoisotopic (exact) mass is 602 g/mol. The summed E-state index contributed by atoms with van der Waals surface area (Å²) in [6.07, 6.45) is 10.5. The van der Waals surface area contributed by atoms with Gasteiger partial charge in [0.05, 0.1) is 49.4 Å². The molecule has 0 saturated heterocycles. The molecule has 3 aromatic heterocycles. The fraction of sp³-hybridized carbons (Fsp3) is 0.444. The number of H-pyrrole nitrogens is 1. The SMILES string of the molecule is CCC1=C(Cl)c2nc1c(CC)c1c(CC)c(CC)c(c(CC)c3nc(c(CC)c4cc(Cl)c([nH]4)c2CC)C=C3)n1CC. The van der Waals surface area contributed by atoms with Crippen LogP contribution in [0.3, 0.4) is 0 Å². The van der Waals surface area contributed by atoms with Gasteiger partial charge in [-0.25, -0.2) is 9.97 Å². The minimum absolute atomic E-state index is 0.688. The first-order chi connectivity index (χ1) is 20.3. The van der Waals surface area contributed by atoms with Gasteiger partial charge < -0.3 is 9.55 Å². The molecule has 0 fully saturated rings. The number of allylic oxidation sites excluding steroid dienone is 1. The number of rotatable bonds is 8. The second-order valence-corrected chi connectivity index (χ2v) is 11.8. The van der Waals surface area contributed by atoms with Crippen LogP contribution < -0.4 is 0 Å². The van der Waals surface area contributed by atoms with E-state index in [0.29, 0.717) is 5.02 Å². The maximum atomic E-state index is 7.26. The standard InChI is InChI=1S/C36H44Cl2N4/c1-9-20-21(10-2)36-26(15-7)32-24(13-5)31(38)34(41-32)25(14-6)33-27(37)19-30(40-33)22(11-3)28-17-18-29(39-28)23(12-4)35(20)42(36)16-8/h17-19,40H,9-16H2,1-8H3. The topological polar surface area (TPSA) is 46.5 Å². The number of aromatic amines is 1. The molecule has 0 spiro atoms. The average molecular weight is 604 g/mol. The molecule has 222 valence electrons. The zero-order chi connectivity index (χ0) is 30.3. The molecule has 2 aliphatic rings. The number of nitrogens with one attached hydrogen (secondary N) is 1. The molecule has 1 N–H and O–H groups in total. The van der Waals surface area contributed by atoms with Crippen molar-refractivity contribution in [1.82, 2.24) is 19.5 Å². The van der Waals surface area contributed by atoms with Crippen molar-refractivity contribution < 1.29 is 0 Å². The van der Waals surface area contributed by atoms with Gasteiger partial charge in [-0.15, -0.1) is 0 Å². The molecule has 0 atom stereocenters. The van der Waals surface area contributed by atoms with Crippen LogP contribution in [0.2, 0.25) is 5.02 Å². The third-order valence-electron chi connectivity index (χ3n) is 9.05. The van der Waals surface area contributed by atoms with E-state index >= 15 is 0 Å². The number of halogens is 2.